The van der Waals surface area contributed by atoms with Gasteiger partial charge in [0.1, 0.15) is 11.6 Å². The molecule has 0 amide bonds. The quantitative estimate of drug-likeness (QED) is 0.911. The van der Waals surface area contributed by atoms with Crippen LogP contribution in [-0.2, 0) is 0 Å². The predicted molar refractivity (Wildman–Crippen MR) is 65.4 cm³/mol. The summed E-state index contributed by atoms with van der Waals surface area (Å²) in [4.78, 5) is 3.95. The monoisotopic (exact) mass is 251 g/mol. The second-order valence-electron chi connectivity index (χ2n) is 4.26. The SMILES string of the molecule is CC[C@@H](N)c1cncn1-c1cc(F)c(C)cc1F. The Labute approximate surface area is 104 Å². The van der Waals surface area contributed by atoms with Crippen LogP contribution in [0.1, 0.15) is 30.6 Å². The molecule has 0 bridgehead atoms. The van der Waals surface area contributed by atoms with Gasteiger partial charge in [0.25, 0.3) is 0 Å². The Hall–Kier alpha value is -1.75. The number of aromatic nitrogens is 2. The normalized spacial score (nSPS) is 12.7. The molecule has 5 heteroatoms. The molecule has 0 spiro atoms. The van der Waals surface area contributed by atoms with Gasteiger partial charge in [0.15, 0.2) is 0 Å². The van der Waals surface area contributed by atoms with E-state index >= 15 is 0 Å². The van der Waals surface area contributed by atoms with Crippen molar-refractivity contribution < 1.29 is 8.78 Å². The van der Waals surface area contributed by atoms with E-state index in [1.54, 1.807) is 6.20 Å². The predicted octanol–water partition coefficient (Wildman–Crippen LogP) is 2.87. The molecule has 0 radical (unpaired) electrons. The fourth-order valence-corrected chi connectivity index (χ4v) is 1.81. The molecular weight excluding hydrogens is 236 g/mol. The number of aryl methyl sites for hydroxylation is 1. The van der Waals surface area contributed by atoms with Crippen LogP contribution < -0.4 is 5.73 Å². The Kier molecular flexibility index (Phi) is 3.43. The minimum absolute atomic E-state index is 0.134. The van der Waals surface area contributed by atoms with Gasteiger partial charge in [-0.2, -0.15) is 0 Å². The number of imidazole rings is 1. The Bertz CT molecular complexity index is 563. The van der Waals surface area contributed by atoms with Gasteiger partial charge in [-0.1, -0.05) is 6.92 Å². The average Bonchev–Trinajstić information content (AvgIpc) is 2.81. The van der Waals surface area contributed by atoms with E-state index in [4.69, 9.17) is 5.73 Å². The Morgan fingerprint density at radius 2 is 2.06 bits per heavy atom. The smallest absolute Gasteiger partial charge is 0.147 e. The third-order valence-electron chi connectivity index (χ3n) is 2.97. The van der Waals surface area contributed by atoms with Gasteiger partial charge in [0.05, 0.1) is 23.9 Å². The maximum absolute atomic E-state index is 13.9. The molecule has 18 heavy (non-hydrogen) atoms. The number of benzene rings is 1. The molecule has 1 heterocycles. The van der Waals surface area contributed by atoms with E-state index in [0.717, 1.165) is 6.07 Å². The zero-order chi connectivity index (χ0) is 13.3. The first-order valence-electron chi connectivity index (χ1n) is 5.78. The van der Waals surface area contributed by atoms with E-state index in [1.165, 1.54) is 23.9 Å². The maximum Gasteiger partial charge on any atom is 0.147 e. The summed E-state index contributed by atoms with van der Waals surface area (Å²) in [6, 6.07) is 2.08. The standard InChI is InChI=1S/C13H15F2N3/c1-3-11(16)13-6-17-7-18(13)12-5-9(14)8(2)4-10(12)15/h4-7,11H,3,16H2,1-2H3/t11-/m1/s1. The highest BCUT2D eigenvalue weighted by Gasteiger charge is 2.15. The molecule has 2 N–H and O–H groups in total. The molecule has 0 aliphatic carbocycles. The molecule has 1 aromatic heterocycles. The van der Waals surface area contributed by atoms with Gasteiger partial charge in [-0.05, 0) is 25.0 Å². The van der Waals surface area contributed by atoms with E-state index in [0.29, 0.717) is 12.1 Å². The fourth-order valence-electron chi connectivity index (χ4n) is 1.81. The number of halogens is 2. The van der Waals surface area contributed by atoms with Crippen LogP contribution >= 0.6 is 0 Å². The van der Waals surface area contributed by atoms with Crippen LogP contribution in [0.2, 0.25) is 0 Å². The third kappa shape index (κ3) is 2.13. The summed E-state index contributed by atoms with van der Waals surface area (Å²) in [5.41, 5.74) is 6.99. The van der Waals surface area contributed by atoms with Crippen LogP contribution in [0.5, 0.6) is 0 Å². The molecular formula is C13H15F2N3. The minimum Gasteiger partial charge on any atom is -0.323 e. The van der Waals surface area contributed by atoms with E-state index in [2.05, 4.69) is 4.98 Å². The van der Waals surface area contributed by atoms with Crippen LogP contribution in [0.15, 0.2) is 24.7 Å². The molecule has 0 fully saturated rings. The number of nitrogens with zero attached hydrogens (tertiary/aromatic N) is 2. The second kappa shape index (κ2) is 4.86. The van der Waals surface area contributed by atoms with Gasteiger partial charge in [0.2, 0.25) is 0 Å². The summed E-state index contributed by atoms with van der Waals surface area (Å²) >= 11 is 0. The van der Waals surface area contributed by atoms with Gasteiger partial charge in [0, 0.05) is 12.1 Å². The molecule has 3 nitrogen and oxygen atoms in total. The van der Waals surface area contributed by atoms with Gasteiger partial charge in [-0.25, -0.2) is 13.8 Å². The number of nitrogens with two attached hydrogens (primary N) is 1. The number of hydrogen-bond donors (Lipinski definition) is 1. The molecule has 96 valence electrons. The van der Waals surface area contributed by atoms with Crippen LogP contribution in [-0.4, -0.2) is 9.55 Å². The summed E-state index contributed by atoms with van der Waals surface area (Å²) in [6.07, 6.45) is 3.71. The van der Waals surface area contributed by atoms with Gasteiger partial charge in [-0.3, -0.25) is 4.57 Å². The fraction of sp³-hybridized carbons (Fsp3) is 0.308. The first kappa shape index (κ1) is 12.7. The molecule has 0 unspecified atom stereocenters. The Balaban J connectivity index is 2.56. The lowest BCUT2D eigenvalue weighted by atomic mass is 10.1. The summed E-state index contributed by atoms with van der Waals surface area (Å²) in [6.45, 7) is 3.45. The molecule has 0 saturated carbocycles. The topological polar surface area (TPSA) is 43.8 Å². The van der Waals surface area contributed by atoms with Gasteiger partial charge in [-0.15, -0.1) is 0 Å². The molecule has 0 saturated heterocycles. The molecule has 2 aromatic rings. The van der Waals surface area contributed by atoms with Crippen molar-refractivity contribution >= 4 is 0 Å². The zero-order valence-corrected chi connectivity index (χ0v) is 10.3. The third-order valence-corrected chi connectivity index (χ3v) is 2.97. The Morgan fingerprint density at radius 1 is 1.33 bits per heavy atom. The molecule has 0 aliphatic heterocycles. The van der Waals surface area contributed by atoms with Crippen molar-refractivity contribution in [2.45, 2.75) is 26.3 Å². The number of rotatable bonds is 3. The van der Waals surface area contributed by atoms with Crippen LogP contribution in [0, 0.1) is 18.6 Å². The molecule has 1 atom stereocenters. The van der Waals surface area contributed by atoms with E-state index in [-0.39, 0.29) is 17.3 Å². The molecule has 1 aromatic carbocycles. The van der Waals surface area contributed by atoms with Gasteiger partial charge >= 0.3 is 0 Å². The van der Waals surface area contributed by atoms with Crippen molar-refractivity contribution in [1.82, 2.24) is 9.55 Å². The lowest BCUT2D eigenvalue weighted by Crippen LogP contribution is -2.14. The highest BCUT2D eigenvalue weighted by atomic mass is 19.1. The van der Waals surface area contributed by atoms with Crippen LogP contribution in [0.25, 0.3) is 5.69 Å². The van der Waals surface area contributed by atoms with Crippen LogP contribution in [0.3, 0.4) is 0 Å². The summed E-state index contributed by atoms with van der Waals surface area (Å²) < 4.78 is 28.9. The van der Waals surface area contributed by atoms with Crippen molar-refractivity contribution in [2.24, 2.45) is 5.73 Å². The average molecular weight is 251 g/mol. The lowest BCUT2D eigenvalue weighted by Gasteiger charge is -2.14. The first-order chi connectivity index (χ1) is 8.54. The highest BCUT2D eigenvalue weighted by Crippen LogP contribution is 2.22. The Morgan fingerprint density at radius 3 is 2.72 bits per heavy atom. The number of hydrogen-bond acceptors (Lipinski definition) is 2. The largest absolute Gasteiger partial charge is 0.323 e. The summed E-state index contributed by atoms with van der Waals surface area (Å²) in [5, 5.41) is 0. The minimum atomic E-state index is -0.489. The van der Waals surface area contributed by atoms with E-state index in [9.17, 15) is 8.78 Å². The van der Waals surface area contributed by atoms with E-state index in [1.807, 2.05) is 6.92 Å². The van der Waals surface area contributed by atoms with Crippen LogP contribution in [0.4, 0.5) is 8.78 Å². The van der Waals surface area contributed by atoms with Crippen molar-refractivity contribution in [3.8, 4) is 5.69 Å². The second-order valence-corrected chi connectivity index (χ2v) is 4.26. The molecule has 2 rings (SSSR count). The zero-order valence-electron chi connectivity index (χ0n) is 10.3. The summed E-state index contributed by atoms with van der Waals surface area (Å²) in [7, 11) is 0. The first-order valence-corrected chi connectivity index (χ1v) is 5.78. The van der Waals surface area contributed by atoms with Crippen molar-refractivity contribution in [3.05, 3.63) is 47.5 Å². The van der Waals surface area contributed by atoms with Gasteiger partial charge < -0.3 is 5.73 Å². The summed E-state index contributed by atoms with van der Waals surface area (Å²) in [5.74, 6) is -0.937. The van der Waals surface area contributed by atoms with Crippen molar-refractivity contribution in [3.63, 3.8) is 0 Å². The van der Waals surface area contributed by atoms with Crippen molar-refractivity contribution in [2.75, 3.05) is 0 Å². The maximum atomic E-state index is 13.9. The highest BCUT2D eigenvalue weighted by molar-refractivity contribution is 5.39. The lowest BCUT2D eigenvalue weighted by molar-refractivity contribution is 0.578. The van der Waals surface area contributed by atoms with E-state index < -0.39 is 11.6 Å². The molecule has 0 aliphatic rings. The van der Waals surface area contributed by atoms with Crippen molar-refractivity contribution in [1.29, 1.82) is 0 Å².